The zero-order valence-electron chi connectivity index (χ0n) is 22.8. The molecule has 4 rings (SSSR count). The van der Waals surface area contributed by atoms with Crippen LogP contribution in [0.15, 0.2) is 102 Å². The van der Waals surface area contributed by atoms with Crippen LogP contribution >= 0.6 is 0 Å². The molecule has 0 atom stereocenters. The summed E-state index contributed by atoms with van der Waals surface area (Å²) < 4.78 is 0. The molecule has 3 aromatic rings. The zero-order chi connectivity index (χ0) is 26.2. The maximum absolute atomic E-state index is 14.6. The molecule has 1 aliphatic carbocycles. The van der Waals surface area contributed by atoms with E-state index >= 15 is 0 Å². The molecule has 1 aliphatic rings. The molecule has 3 aromatic carbocycles. The van der Waals surface area contributed by atoms with Crippen LogP contribution in [0.1, 0.15) is 63.1 Å². The molecule has 0 N–H and O–H groups in total. The van der Waals surface area contributed by atoms with Crippen molar-refractivity contribution in [1.29, 1.82) is 0 Å². The number of ketones is 1. The molecule has 3 heteroatoms. The number of hydrogen-bond donors (Lipinski definition) is 0. The summed E-state index contributed by atoms with van der Waals surface area (Å²) in [5, 5.41) is 0. The number of nitrogens with zero attached hydrogens (tertiary/aromatic N) is 2. The van der Waals surface area contributed by atoms with E-state index < -0.39 is 0 Å². The lowest BCUT2D eigenvalue weighted by molar-refractivity contribution is -0.113. The van der Waals surface area contributed by atoms with Gasteiger partial charge >= 0.3 is 0 Å². The van der Waals surface area contributed by atoms with E-state index in [1.807, 2.05) is 12.1 Å². The SMILES string of the molecule is CCN(CC)C(=C1CC(c2ccccc2)CC(=C(c2ccccc2)N(CC)CC)C1=O)c1ccccc1. The van der Waals surface area contributed by atoms with Gasteiger partial charge in [-0.25, -0.2) is 0 Å². The standard InChI is InChI=1S/C34H40N2O/c1-5-35(6-2)32(27-20-14-10-15-21-27)30-24-29(26-18-12-9-13-19-26)25-31(34(30)37)33(36(7-3)8-4)28-22-16-11-17-23-28/h9-23,29H,5-8,24-25H2,1-4H3. The third-order valence-electron chi connectivity index (χ3n) is 7.55. The quantitative estimate of drug-likeness (QED) is 0.287. The van der Waals surface area contributed by atoms with Crippen LogP contribution < -0.4 is 0 Å². The highest BCUT2D eigenvalue weighted by atomic mass is 16.1. The van der Waals surface area contributed by atoms with Gasteiger partial charge in [0.15, 0.2) is 5.78 Å². The predicted molar refractivity (Wildman–Crippen MR) is 156 cm³/mol. The van der Waals surface area contributed by atoms with Crippen LogP contribution in [0, 0.1) is 0 Å². The summed E-state index contributed by atoms with van der Waals surface area (Å²) in [6.07, 6.45) is 1.49. The molecule has 0 unspecified atom stereocenters. The minimum absolute atomic E-state index is 0.198. The molecule has 1 saturated carbocycles. The van der Waals surface area contributed by atoms with Crippen LogP contribution in [-0.4, -0.2) is 41.8 Å². The average molecular weight is 493 g/mol. The number of rotatable bonds is 9. The Bertz CT molecular complexity index is 1140. The van der Waals surface area contributed by atoms with Crippen LogP contribution in [-0.2, 0) is 4.79 Å². The summed E-state index contributed by atoms with van der Waals surface area (Å²) in [6, 6.07) is 31.7. The molecule has 0 aliphatic heterocycles. The molecule has 3 nitrogen and oxygen atoms in total. The molecule has 1 fully saturated rings. The van der Waals surface area contributed by atoms with Crippen molar-refractivity contribution in [1.82, 2.24) is 9.80 Å². The molecular formula is C34H40N2O. The predicted octanol–water partition coefficient (Wildman–Crippen LogP) is 7.64. The Morgan fingerprint density at radius 2 is 0.946 bits per heavy atom. The molecule has 0 bridgehead atoms. The Labute approximate surface area is 223 Å². The Hall–Kier alpha value is -3.59. The van der Waals surface area contributed by atoms with Crippen molar-refractivity contribution < 1.29 is 4.79 Å². The first-order chi connectivity index (χ1) is 18.1. The second-order valence-corrected chi connectivity index (χ2v) is 9.58. The molecule has 37 heavy (non-hydrogen) atoms. The van der Waals surface area contributed by atoms with Crippen molar-refractivity contribution in [3.8, 4) is 0 Å². The fourth-order valence-electron chi connectivity index (χ4n) is 5.67. The van der Waals surface area contributed by atoms with Crippen molar-refractivity contribution in [3.63, 3.8) is 0 Å². The van der Waals surface area contributed by atoms with Crippen LogP contribution in [0.4, 0.5) is 0 Å². The monoisotopic (exact) mass is 492 g/mol. The largest absolute Gasteiger partial charge is 0.371 e. The highest BCUT2D eigenvalue weighted by molar-refractivity contribution is 6.17. The van der Waals surface area contributed by atoms with E-state index in [-0.39, 0.29) is 11.7 Å². The average Bonchev–Trinajstić information content (AvgIpc) is 2.96. The van der Waals surface area contributed by atoms with Gasteiger partial charge in [-0.1, -0.05) is 91.0 Å². The smallest absolute Gasteiger partial charge is 0.189 e. The summed E-state index contributed by atoms with van der Waals surface area (Å²) in [6.45, 7) is 12.1. The zero-order valence-corrected chi connectivity index (χ0v) is 22.8. The van der Waals surface area contributed by atoms with Crippen molar-refractivity contribution in [2.24, 2.45) is 0 Å². The molecule has 0 aromatic heterocycles. The topological polar surface area (TPSA) is 23.6 Å². The minimum Gasteiger partial charge on any atom is -0.371 e. The second kappa shape index (κ2) is 12.6. The number of carbonyl (C=O) groups excluding carboxylic acids is 1. The van der Waals surface area contributed by atoms with E-state index in [9.17, 15) is 4.79 Å². The first-order valence-electron chi connectivity index (χ1n) is 13.8. The first-order valence-corrected chi connectivity index (χ1v) is 13.8. The van der Waals surface area contributed by atoms with Crippen molar-refractivity contribution >= 4 is 17.2 Å². The summed E-state index contributed by atoms with van der Waals surface area (Å²) in [4.78, 5) is 19.3. The van der Waals surface area contributed by atoms with Crippen LogP contribution in [0.25, 0.3) is 11.4 Å². The van der Waals surface area contributed by atoms with E-state index in [0.29, 0.717) is 0 Å². The lowest BCUT2D eigenvalue weighted by Crippen LogP contribution is -2.31. The summed E-state index contributed by atoms with van der Waals surface area (Å²) in [7, 11) is 0. The molecule has 0 amide bonds. The minimum atomic E-state index is 0.198. The van der Waals surface area contributed by atoms with E-state index in [1.54, 1.807) is 0 Å². The number of carbonyl (C=O) groups is 1. The lowest BCUT2D eigenvalue weighted by atomic mass is 9.75. The third kappa shape index (κ3) is 5.72. The number of benzene rings is 3. The molecule has 0 heterocycles. The van der Waals surface area contributed by atoms with Gasteiger partial charge in [-0.2, -0.15) is 0 Å². The number of Topliss-reactive ketones (excluding diaryl/α,β-unsaturated/α-hetero) is 1. The number of allylic oxidation sites excluding steroid dienone is 2. The summed E-state index contributed by atoms with van der Waals surface area (Å²) >= 11 is 0. The fourth-order valence-corrected chi connectivity index (χ4v) is 5.67. The van der Waals surface area contributed by atoms with Gasteiger partial charge in [0, 0.05) is 37.3 Å². The van der Waals surface area contributed by atoms with Gasteiger partial charge < -0.3 is 9.80 Å². The second-order valence-electron chi connectivity index (χ2n) is 9.58. The first kappa shape index (κ1) is 26.5. The van der Waals surface area contributed by atoms with Gasteiger partial charge in [-0.05, 0) is 63.1 Å². The number of hydrogen-bond acceptors (Lipinski definition) is 3. The lowest BCUT2D eigenvalue weighted by Gasteiger charge is -2.35. The Morgan fingerprint density at radius 3 is 1.30 bits per heavy atom. The van der Waals surface area contributed by atoms with Crippen LogP contribution in [0.3, 0.4) is 0 Å². The molecule has 192 valence electrons. The van der Waals surface area contributed by atoms with E-state index in [0.717, 1.165) is 72.7 Å². The summed E-state index contributed by atoms with van der Waals surface area (Å²) in [5.41, 5.74) is 7.57. The van der Waals surface area contributed by atoms with Gasteiger partial charge in [0.2, 0.25) is 0 Å². The van der Waals surface area contributed by atoms with Gasteiger partial charge in [0.25, 0.3) is 0 Å². The van der Waals surface area contributed by atoms with Gasteiger partial charge in [0.05, 0.1) is 11.4 Å². The molecule has 0 radical (unpaired) electrons. The highest BCUT2D eigenvalue weighted by Gasteiger charge is 2.35. The molecular weight excluding hydrogens is 452 g/mol. The van der Waals surface area contributed by atoms with Gasteiger partial charge in [-0.15, -0.1) is 0 Å². The normalized spacial score (nSPS) is 18.4. The fraction of sp³-hybridized carbons (Fsp3) is 0.324. The maximum atomic E-state index is 14.6. The molecule has 0 spiro atoms. The Morgan fingerprint density at radius 1 is 0.595 bits per heavy atom. The Balaban J connectivity index is 2.03. The van der Waals surface area contributed by atoms with Crippen molar-refractivity contribution in [3.05, 3.63) is 119 Å². The maximum Gasteiger partial charge on any atom is 0.189 e. The van der Waals surface area contributed by atoms with Gasteiger partial charge in [0.1, 0.15) is 0 Å². The van der Waals surface area contributed by atoms with Crippen LogP contribution in [0.5, 0.6) is 0 Å². The van der Waals surface area contributed by atoms with E-state index in [1.165, 1.54) is 5.56 Å². The van der Waals surface area contributed by atoms with Crippen molar-refractivity contribution in [2.45, 2.75) is 46.5 Å². The summed E-state index contributed by atoms with van der Waals surface area (Å²) in [5.74, 6) is 0.441. The van der Waals surface area contributed by atoms with Gasteiger partial charge in [-0.3, -0.25) is 4.79 Å². The van der Waals surface area contributed by atoms with E-state index in [4.69, 9.17) is 0 Å². The molecule has 0 saturated heterocycles. The third-order valence-corrected chi connectivity index (χ3v) is 7.55. The van der Waals surface area contributed by atoms with Crippen LogP contribution in [0.2, 0.25) is 0 Å². The van der Waals surface area contributed by atoms with E-state index in [2.05, 4.69) is 116 Å². The Kier molecular flexibility index (Phi) is 9.00. The van der Waals surface area contributed by atoms with Crippen molar-refractivity contribution in [2.75, 3.05) is 26.2 Å². The highest BCUT2D eigenvalue weighted by Crippen LogP contribution is 2.43.